The molecule has 196 valence electrons. The van der Waals surface area contributed by atoms with Crippen molar-refractivity contribution in [1.82, 2.24) is 0 Å². The zero-order valence-electron chi connectivity index (χ0n) is 23.3. The van der Waals surface area contributed by atoms with Crippen LogP contribution in [-0.4, -0.2) is 30.0 Å². The van der Waals surface area contributed by atoms with Crippen LogP contribution in [0.4, 0.5) is 0 Å². The van der Waals surface area contributed by atoms with E-state index >= 15 is 0 Å². The first-order chi connectivity index (χ1) is 16.3. The number of nitrogens with zero attached hydrogens (tertiary/aromatic N) is 3. The van der Waals surface area contributed by atoms with Crippen LogP contribution in [-0.2, 0) is 4.74 Å². The van der Waals surface area contributed by atoms with Crippen molar-refractivity contribution in [2.45, 2.75) is 125 Å². The first-order valence-electron chi connectivity index (χ1n) is 14.6. The molecule has 1 aliphatic heterocycles. The smallest absolute Gasteiger partial charge is 0.0678 e. The summed E-state index contributed by atoms with van der Waals surface area (Å²) in [5.41, 5.74) is 10.5. The lowest BCUT2D eigenvalue weighted by Gasteiger charge is -2.73. The fourth-order valence-corrected chi connectivity index (χ4v) is 12.3. The number of fused-ring (bicyclic) bond motifs is 5. The molecule has 0 spiro atoms. The molecule has 0 unspecified atom stereocenters. The summed E-state index contributed by atoms with van der Waals surface area (Å²) in [6.07, 6.45) is 11.1. The highest BCUT2D eigenvalue weighted by atomic mass is 16.5. The van der Waals surface area contributed by atoms with Gasteiger partial charge in [0.05, 0.1) is 24.9 Å². The zero-order valence-corrected chi connectivity index (χ0v) is 23.3. The van der Waals surface area contributed by atoms with Crippen LogP contribution < -0.4 is 0 Å². The highest BCUT2D eigenvalue weighted by Gasteiger charge is 2.73. The van der Waals surface area contributed by atoms with E-state index in [1.54, 1.807) is 0 Å². The molecule has 1 heterocycles. The van der Waals surface area contributed by atoms with Crippen molar-refractivity contribution in [3.8, 4) is 0 Å². The van der Waals surface area contributed by atoms with E-state index in [0.29, 0.717) is 34.7 Å². The van der Waals surface area contributed by atoms with Gasteiger partial charge in [-0.05, 0) is 119 Å². The fraction of sp³-hybridized carbons (Fsp3) is 1.00. The van der Waals surface area contributed by atoms with Crippen molar-refractivity contribution in [2.75, 3.05) is 6.61 Å². The van der Waals surface area contributed by atoms with Gasteiger partial charge in [-0.1, -0.05) is 53.6 Å². The van der Waals surface area contributed by atoms with Crippen LogP contribution in [0.5, 0.6) is 0 Å². The number of aliphatic hydroxyl groups excluding tert-OH is 1. The number of hydrogen-bond acceptors (Lipinski definition) is 3. The Labute approximate surface area is 212 Å². The van der Waals surface area contributed by atoms with Gasteiger partial charge in [-0.2, -0.15) is 0 Å². The predicted octanol–water partition coefficient (Wildman–Crippen LogP) is 7.53. The summed E-state index contributed by atoms with van der Waals surface area (Å²) in [4.78, 5) is 3.18. The molecule has 1 N–H and O–H groups in total. The molecule has 35 heavy (non-hydrogen) atoms. The quantitative estimate of drug-likeness (QED) is 0.238. The van der Waals surface area contributed by atoms with Gasteiger partial charge >= 0.3 is 0 Å². The van der Waals surface area contributed by atoms with Crippen LogP contribution in [0.15, 0.2) is 5.11 Å². The lowest BCUT2D eigenvalue weighted by molar-refractivity contribution is -0.254. The van der Waals surface area contributed by atoms with Gasteiger partial charge < -0.3 is 9.84 Å². The van der Waals surface area contributed by atoms with E-state index in [0.717, 1.165) is 18.9 Å². The molecule has 5 nitrogen and oxygen atoms in total. The first-order valence-corrected chi connectivity index (χ1v) is 14.6. The largest absolute Gasteiger partial charge is 0.392 e. The summed E-state index contributed by atoms with van der Waals surface area (Å²) < 4.78 is 6.70. The van der Waals surface area contributed by atoms with E-state index in [4.69, 9.17) is 4.74 Å². The van der Waals surface area contributed by atoms with Gasteiger partial charge in [-0.25, -0.2) is 0 Å². The molecule has 11 atom stereocenters. The average Bonchev–Trinajstić information content (AvgIpc) is 3.12. The van der Waals surface area contributed by atoms with E-state index in [9.17, 15) is 10.6 Å². The van der Waals surface area contributed by atoms with Gasteiger partial charge in [0, 0.05) is 4.91 Å². The topological polar surface area (TPSA) is 78.2 Å². The third-order valence-electron chi connectivity index (χ3n) is 14.3. The Kier molecular flexibility index (Phi) is 5.05. The minimum atomic E-state index is -0.556. The molecule has 2 bridgehead atoms. The number of ether oxygens (including phenoxy) is 1. The molecule has 0 aromatic rings. The standard InChI is InChI=1S/C30H49N3O2/c1-25(2)12-14-30-15-13-28(6)18(22(30)24(25)35-17-30)8-9-21-27(5)16-19(32-33-31)23(34)26(3,4)20(27)10-11-29(21,28)7/h18-24,34H,8-17H2,1-7H3/t18-,19+,20+,21-,22+,23+,24-,27+,28-,29-,30-/m1/s1. The van der Waals surface area contributed by atoms with Crippen LogP contribution in [0.25, 0.3) is 10.4 Å². The van der Waals surface area contributed by atoms with Gasteiger partial charge in [-0.15, -0.1) is 0 Å². The Bertz CT molecular complexity index is 957. The zero-order chi connectivity index (χ0) is 25.2. The highest BCUT2D eigenvalue weighted by molar-refractivity contribution is 5.22. The van der Waals surface area contributed by atoms with Crippen molar-refractivity contribution < 1.29 is 9.84 Å². The first kappa shape index (κ1) is 24.6. The van der Waals surface area contributed by atoms with Crippen molar-refractivity contribution in [2.24, 2.45) is 61.3 Å². The van der Waals surface area contributed by atoms with Crippen LogP contribution in [0.1, 0.15) is 106 Å². The van der Waals surface area contributed by atoms with Crippen LogP contribution in [0, 0.1) is 56.2 Å². The molecule has 5 aliphatic carbocycles. The van der Waals surface area contributed by atoms with Gasteiger partial charge in [0.25, 0.3) is 0 Å². The average molecular weight is 484 g/mol. The van der Waals surface area contributed by atoms with Crippen LogP contribution in [0.3, 0.4) is 0 Å². The van der Waals surface area contributed by atoms with Crippen molar-refractivity contribution in [3.05, 3.63) is 10.4 Å². The molecule has 5 saturated carbocycles. The monoisotopic (exact) mass is 483 g/mol. The van der Waals surface area contributed by atoms with Crippen LogP contribution >= 0.6 is 0 Å². The molecule has 0 amide bonds. The maximum atomic E-state index is 11.2. The number of hydrogen-bond donors (Lipinski definition) is 1. The third kappa shape index (κ3) is 2.82. The Hall–Kier alpha value is -0.770. The summed E-state index contributed by atoms with van der Waals surface area (Å²) in [7, 11) is 0. The molecule has 1 saturated heterocycles. The van der Waals surface area contributed by atoms with Gasteiger partial charge in [0.1, 0.15) is 0 Å². The number of azide groups is 1. The summed E-state index contributed by atoms with van der Waals surface area (Å²) in [5, 5.41) is 15.4. The second-order valence-electron chi connectivity index (χ2n) is 16.0. The van der Waals surface area contributed by atoms with E-state index in [1.165, 1.54) is 51.4 Å². The fourth-order valence-electron chi connectivity index (χ4n) is 12.3. The second kappa shape index (κ2) is 7.20. The number of aliphatic hydroxyl groups is 1. The maximum absolute atomic E-state index is 11.2. The normalized spacial score (nSPS) is 57.7. The molecule has 6 rings (SSSR count). The third-order valence-corrected chi connectivity index (χ3v) is 14.3. The second-order valence-corrected chi connectivity index (χ2v) is 16.0. The minimum Gasteiger partial charge on any atom is -0.392 e. The van der Waals surface area contributed by atoms with Gasteiger partial charge in [-0.3, -0.25) is 0 Å². The van der Waals surface area contributed by atoms with Crippen LogP contribution in [0.2, 0.25) is 0 Å². The molecule has 6 aliphatic rings. The molecule has 0 radical (unpaired) electrons. The Morgan fingerprint density at radius 1 is 0.857 bits per heavy atom. The highest BCUT2D eigenvalue weighted by Crippen LogP contribution is 2.78. The van der Waals surface area contributed by atoms with Crippen molar-refractivity contribution in [3.63, 3.8) is 0 Å². The van der Waals surface area contributed by atoms with Crippen molar-refractivity contribution >= 4 is 0 Å². The minimum absolute atomic E-state index is 0.0962. The maximum Gasteiger partial charge on any atom is 0.0678 e. The van der Waals surface area contributed by atoms with E-state index in [1.807, 2.05) is 0 Å². The molecular formula is C30H49N3O2. The SMILES string of the molecule is CC1(C)CC[C@]23CC[C@]4(C)[C@H](CC[C@@H]5[C@@]6(C)C[C@H](N=[N+]=[N-])[C@H](O)C(C)(C)[C@@H]6CC[C@]54C)[C@H]2[C@H]1OC3. The van der Waals surface area contributed by atoms with Gasteiger partial charge in [0.2, 0.25) is 0 Å². The Morgan fingerprint density at radius 3 is 2.29 bits per heavy atom. The molecule has 6 fully saturated rings. The summed E-state index contributed by atoms with van der Waals surface area (Å²) in [5.74, 6) is 2.55. The van der Waals surface area contributed by atoms with E-state index in [-0.39, 0.29) is 27.7 Å². The summed E-state index contributed by atoms with van der Waals surface area (Å²) >= 11 is 0. The summed E-state index contributed by atoms with van der Waals surface area (Å²) in [6.45, 7) is 18.2. The van der Waals surface area contributed by atoms with Gasteiger partial charge in [0.15, 0.2) is 0 Å². The Morgan fingerprint density at radius 2 is 1.57 bits per heavy atom. The van der Waals surface area contributed by atoms with E-state index < -0.39 is 6.10 Å². The molecule has 5 heteroatoms. The predicted molar refractivity (Wildman–Crippen MR) is 139 cm³/mol. The Balaban J connectivity index is 1.40. The summed E-state index contributed by atoms with van der Waals surface area (Å²) in [6, 6.07) is -0.317. The number of rotatable bonds is 1. The molecule has 0 aromatic heterocycles. The lowest BCUT2D eigenvalue weighted by Crippen LogP contribution is -2.69. The van der Waals surface area contributed by atoms with Crippen molar-refractivity contribution in [1.29, 1.82) is 0 Å². The lowest BCUT2D eigenvalue weighted by atomic mass is 9.31. The van der Waals surface area contributed by atoms with E-state index in [2.05, 4.69) is 58.5 Å². The molecular weight excluding hydrogens is 434 g/mol. The molecule has 0 aromatic carbocycles.